The molecular formula is C15H27CeSi3. The summed E-state index contributed by atoms with van der Waals surface area (Å²) in [6.07, 6.45) is 20.0. The fourth-order valence-electron chi connectivity index (χ4n) is 0. The largest absolute Gasteiger partial charge is 3.00 e. The SMILES string of the molecule is [C-]#C[Si](C)(C)C.[C-]#C[Si](C)(C)C.[C-]#C[Si](C)(C)C.[Ce+3]. The van der Waals surface area contributed by atoms with E-state index in [0.717, 1.165) is 0 Å². The Morgan fingerprint density at radius 2 is 0.526 bits per heavy atom. The van der Waals surface area contributed by atoms with Crippen molar-refractivity contribution >= 4 is 24.2 Å². The fraction of sp³-hybridized carbons (Fsp3) is 0.600. The van der Waals surface area contributed by atoms with Crippen LogP contribution in [0, 0.1) is 77.6 Å². The van der Waals surface area contributed by atoms with Crippen molar-refractivity contribution in [1.29, 1.82) is 0 Å². The Kier molecular flexibility index (Phi) is 18.3. The Hall–Kier alpha value is 0.707. The average Bonchev–Trinajstić information content (AvgIpc) is 2.16. The van der Waals surface area contributed by atoms with Gasteiger partial charge in [-0.3, -0.25) is 0 Å². The Balaban J connectivity index is -0.0000000865. The summed E-state index contributed by atoms with van der Waals surface area (Å²) in [5.41, 5.74) is 7.48. The fourth-order valence-corrected chi connectivity index (χ4v) is 0. The second-order valence-electron chi connectivity index (χ2n) is 7.12. The second-order valence-corrected chi connectivity index (χ2v) is 21.4. The van der Waals surface area contributed by atoms with Crippen molar-refractivity contribution in [2.24, 2.45) is 0 Å². The van der Waals surface area contributed by atoms with Crippen LogP contribution < -0.4 is 0 Å². The normalized spacial score (nSPS) is 9.79. The first-order valence-corrected chi connectivity index (χ1v) is 16.5. The van der Waals surface area contributed by atoms with Crippen molar-refractivity contribution in [2.45, 2.75) is 58.9 Å². The maximum Gasteiger partial charge on any atom is 3.00 e. The zero-order chi connectivity index (χ0) is 15.6. The van der Waals surface area contributed by atoms with Crippen LogP contribution >= 0.6 is 0 Å². The molecule has 0 aromatic carbocycles. The van der Waals surface area contributed by atoms with Crippen molar-refractivity contribution in [1.82, 2.24) is 0 Å². The van der Waals surface area contributed by atoms with E-state index in [1.54, 1.807) is 0 Å². The molecule has 4 heteroatoms. The van der Waals surface area contributed by atoms with Gasteiger partial charge in [0.2, 0.25) is 0 Å². The van der Waals surface area contributed by atoms with Gasteiger partial charge in [0.1, 0.15) is 0 Å². The van der Waals surface area contributed by atoms with Gasteiger partial charge in [0.25, 0.3) is 0 Å². The van der Waals surface area contributed by atoms with Gasteiger partial charge in [0.15, 0.2) is 0 Å². The van der Waals surface area contributed by atoms with Crippen molar-refractivity contribution in [2.75, 3.05) is 0 Å². The molecule has 0 N–H and O–H groups in total. The van der Waals surface area contributed by atoms with Crippen molar-refractivity contribution < 1.29 is 41.7 Å². The van der Waals surface area contributed by atoms with Crippen LogP contribution in [0.5, 0.6) is 0 Å². The first-order valence-electron chi connectivity index (χ1n) is 6.00. The molecule has 0 aliphatic carbocycles. The summed E-state index contributed by atoms with van der Waals surface area (Å²) < 4.78 is 0. The summed E-state index contributed by atoms with van der Waals surface area (Å²) in [7, 11) is -3.64. The van der Waals surface area contributed by atoms with Gasteiger partial charge in [-0.1, -0.05) is 58.9 Å². The maximum absolute atomic E-state index is 6.67. The van der Waals surface area contributed by atoms with E-state index in [9.17, 15) is 0 Å². The summed E-state index contributed by atoms with van der Waals surface area (Å²) in [4.78, 5) is 0. The topological polar surface area (TPSA) is 0 Å². The van der Waals surface area contributed by atoms with E-state index >= 15 is 0 Å². The van der Waals surface area contributed by atoms with Crippen LogP contribution in [0.4, 0.5) is 0 Å². The molecule has 0 saturated heterocycles. The van der Waals surface area contributed by atoms with Gasteiger partial charge >= 0.3 is 41.7 Å². The first kappa shape index (κ1) is 28.0. The van der Waals surface area contributed by atoms with Gasteiger partial charge in [-0.15, -0.1) is 0 Å². The quantitative estimate of drug-likeness (QED) is 0.304. The zero-order valence-electron chi connectivity index (χ0n) is 14.0. The minimum atomic E-state index is -1.21. The molecule has 0 atom stereocenters. The van der Waals surface area contributed by atoms with Crippen LogP contribution in [0.15, 0.2) is 0 Å². The number of hydrogen-bond donors (Lipinski definition) is 0. The molecule has 0 rings (SSSR count). The molecule has 0 spiro atoms. The van der Waals surface area contributed by atoms with Crippen LogP contribution in [0.25, 0.3) is 0 Å². The number of rotatable bonds is 0. The smallest absolute Gasteiger partial charge is 0.701 e. The van der Waals surface area contributed by atoms with E-state index in [-0.39, 0.29) is 41.7 Å². The molecule has 0 nitrogen and oxygen atoms in total. The Labute approximate surface area is 159 Å². The molecular weight excluding hydrogens is 405 g/mol. The molecule has 0 aliphatic rings. The van der Waals surface area contributed by atoms with E-state index in [4.69, 9.17) is 19.3 Å². The standard InChI is InChI=1S/3C5H9Si.Ce/c3*1-5-6(2,3)4;/h3*2-4H3;/q3*-1;+3. The van der Waals surface area contributed by atoms with Gasteiger partial charge in [0.05, 0.1) is 24.2 Å². The van der Waals surface area contributed by atoms with E-state index in [2.05, 4.69) is 75.6 Å². The molecule has 0 fully saturated rings. The molecule has 0 amide bonds. The molecule has 0 bridgehead atoms. The predicted molar refractivity (Wildman–Crippen MR) is 91.4 cm³/mol. The van der Waals surface area contributed by atoms with Crippen molar-refractivity contribution in [3.05, 3.63) is 19.3 Å². The van der Waals surface area contributed by atoms with Crippen LogP contribution in [-0.2, 0) is 0 Å². The van der Waals surface area contributed by atoms with Crippen molar-refractivity contribution in [3.8, 4) is 16.6 Å². The molecule has 0 aromatic heterocycles. The zero-order valence-corrected chi connectivity index (χ0v) is 20.1. The molecule has 0 saturated carbocycles. The monoisotopic (exact) mass is 431 g/mol. The first-order chi connectivity index (χ1) is 7.68. The summed E-state index contributed by atoms with van der Waals surface area (Å²) in [6, 6.07) is 0. The van der Waals surface area contributed by atoms with Crippen LogP contribution in [0.2, 0.25) is 58.9 Å². The van der Waals surface area contributed by atoms with Gasteiger partial charge in [-0.25, -0.2) is 0 Å². The van der Waals surface area contributed by atoms with Gasteiger partial charge in [-0.2, -0.15) is 0 Å². The van der Waals surface area contributed by atoms with Gasteiger partial charge in [-0.05, 0) is 0 Å². The second kappa shape index (κ2) is 12.4. The maximum atomic E-state index is 6.67. The van der Waals surface area contributed by atoms with E-state index in [1.165, 1.54) is 0 Å². The molecule has 0 aliphatic heterocycles. The minimum Gasteiger partial charge on any atom is -0.701 e. The summed E-state index contributed by atoms with van der Waals surface area (Å²) in [5, 5.41) is 0. The van der Waals surface area contributed by atoms with Crippen molar-refractivity contribution in [3.63, 3.8) is 0 Å². The Bertz CT molecular complexity index is 275. The van der Waals surface area contributed by atoms with Crippen LogP contribution in [0.3, 0.4) is 0 Å². The van der Waals surface area contributed by atoms with E-state index < -0.39 is 24.2 Å². The van der Waals surface area contributed by atoms with E-state index in [1.807, 2.05) is 0 Å². The molecule has 0 unspecified atom stereocenters. The summed E-state index contributed by atoms with van der Waals surface area (Å²) in [5.74, 6) is 0. The molecule has 0 aromatic rings. The third-order valence-electron chi connectivity index (χ3n) is 1.12. The summed E-state index contributed by atoms with van der Waals surface area (Å²) >= 11 is 0. The molecule has 1 radical (unpaired) electrons. The predicted octanol–water partition coefficient (Wildman–Crippen LogP) is 4.36. The third kappa shape index (κ3) is 55.4. The molecule has 103 valence electrons. The van der Waals surface area contributed by atoms with E-state index in [0.29, 0.717) is 0 Å². The third-order valence-corrected chi connectivity index (χ3v) is 3.38. The van der Waals surface area contributed by atoms with Gasteiger partial charge in [0, 0.05) is 0 Å². The number of hydrogen-bond acceptors (Lipinski definition) is 0. The van der Waals surface area contributed by atoms with Crippen LogP contribution in [-0.4, -0.2) is 24.2 Å². The average molecular weight is 432 g/mol. The van der Waals surface area contributed by atoms with Crippen LogP contribution in [0.1, 0.15) is 0 Å². The molecule has 0 heterocycles. The Morgan fingerprint density at radius 1 is 0.474 bits per heavy atom. The minimum absolute atomic E-state index is 0. The summed E-state index contributed by atoms with van der Waals surface area (Å²) in [6.45, 7) is 18.8. The molecule has 19 heavy (non-hydrogen) atoms. The van der Waals surface area contributed by atoms with Gasteiger partial charge < -0.3 is 35.9 Å². The Morgan fingerprint density at radius 3 is 0.526 bits per heavy atom.